The quantitative estimate of drug-likeness (QED) is 0.630. The molecular weight excluding hydrogens is 170 g/mol. The van der Waals surface area contributed by atoms with E-state index in [9.17, 15) is 0 Å². The molecule has 0 bridgehead atoms. The van der Waals surface area contributed by atoms with E-state index in [2.05, 4.69) is 31.2 Å². The highest BCUT2D eigenvalue weighted by atomic mass is 14.6. The molecule has 2 rings (SSSR count). The van der Waals surface area contributed by atoms with E-state index in [0.29, 0.717) is 5.92 Å². The zero-order valence-corrected chi connectivity index (χ0v) is 8.87. The summed E-state index contributed by atoms with van der Waals surface area (Å²) in [4.78, 5) is 0. The molecule has 0 aromatic heterocycles. The van der Waals surface area contributed by atoms with Crippen molar-refractivity contribution in [2.45, 2.75) is 32.6 Å². The first kappa shape index (κ1) is 9.57. The molecule has 0 amide bonds. The molecule has 2 aliphatic carbocycles. The predicted molar refractivity (Wildman–Crippen MR) is 60.6 cm³/mol. The lowest BCUT2D eigenvalue weighted by atomic mass is 9.77. The van der Waals surface area contributed by atoms with Crippen molar-refractivity contribution in [3.63, 3.8) is 0 Å². The largest absolute Gasteiger partial charge is 0.402 e. The second kappa shape index (κ2) is 4.04. The molecule has 2 unspecified atom stereocenters. The third-order valence-corrected chi connectivity index (χ3v) is 3.40. The van der Waals surface area contributed by atoms with Crippen molar-refractivity contribution in [2.24, 2.45) is 17.6 Å². The summed E-state index contributed by atoms with van der Waals surface area (Å²) >= 11 is 0. The molecule has 1 nitrogen and oxygen atoms in total. The van der Waals surface area contributed by atoms with Gasteiger partial charge in [-0.2, -0.15) is 0 Å². The van der Waals surface area contributed by atoms with Crippen LogP contribution < -0.4 is 5.73 Å². The predicted octanol–water partition coefficient (Wildman–Crippen LogP) is 3.15. The lowest BCUT2D eigenvalue weighted by Crippen LogP contribution is -2.20. The van der Waals surface area contributed by atoms with Crippen molar-refractivity contribution < 1.29 is 0 Å². The van der Waals surface area contributed by atoms with Gasteiger partial charge in [0.15, 0.2) is 0 Å². The number of hydrogen-bond donors (Lipinski definition) is 1. The van der Waals surface area contributed by atoms with Crippen molar-refractivity contribution in [3.05, 3.63) is 35.6 Å². The highest BCUT2D eigenvalue weighted by molar-refractivity contribution is 5.31. The Bertz CT molecular complexity index is 296. The van der Waals surface area contributed by atoms with Crippen LogP contribution in [0.1, 0.15) is 32.6 Å². The van der Waals surface area contributed by atoms with Gasteiger partial charge in [0.25, 0.3) is 0 Å². The maximum absolute atomic E-state index is 6.08. The first-order chi connectivity index (χ1) is 6.79. The molecule has 2 atom stereocenters. The average molecular weight is 189 g/mol. The summed E-state index contributed by atoms with van der Waals surface area (Å²) in [5.74, 6) is 1.41. The van der Waals surface area contributed by atoms with Crippen molar-refractivity contribution in [3.8, 4) is 0 Å². The van der Waals surface area contributed by atoms with Crippen molar-refractivity contribution in [1.29, 1.82) is 0 Å². The first-order valence-electron chi connectivity index (χ1n) is 5.59. The van der Waals surface area contributed by atoms with Crippen LogP contribution in [0.4, 0.5) is 0 Å². The molecule has 0 spiro atoms. The van der Waals surface area contributed by atoms with E-state index < -0.39 is 0 Å². The monoisotopic (exact) mass is 189 g/mol. The number of allylic oxidation sites excluding steroid dienone is 6. The van der Waals surface area contributed by atoms with Gasteiger partial charge in [-0.15, -0.1) is 0 Å². The van der Waals surface area contributed by atoms with Crippen molar-refractivity contribution >= 4 is 0 Å². The summed E-state index contributed by atoms with van der Waals surface area (Å²) < 4.78 is 0. The molecule has 0 heterocycles. The van der Waals surface area contributed by atoms with Gasteiger partial charge < -0.3 is 5.73 Å². The standard InChI is InChI=1S/C13H19N/c1-10-6-2-3-7-11(10)12-8-4-5-9-13(12)14/h2-4,8,10-11H,5-7,9,14H2,1H3. The van der Waals surface area contributed by atoms with Gasteiger partial charge in [-0.25, -0.2) is 0 Å². The van der Waals surface area contributed by atoms with Gasteiger partial charge in [0.05, 0.1) is 0 Å². The van der Waals surface area contributed by atoms with Crippen LogP contribution in [-0.2, 0) is 0 Å². The van der Waals surface area contributed by atoms with Gasteiger partial charge in [-0.1, -0.05) is 31.2 Å². The Morgan fingerprint density at radius 2 is 2.00 bits per heavy atom. The fourth-order valence-electron chi connectivity index (χ4n) is 2.45. The highest BCUT2D eigenvalue weighted by Crippen LogP contribution is 2.34. The molecule has 14 heavy (non-hydrogen) atoms. The molecule has 2 aliphatic rings. The third kappa shape index (κ3) is 1.77. The van der Waals surface area contributed by atoms with E-state index in [-0.39, 0.29) is 0 Å². The Morgan fingerprint density at radius 3 is 2.71 bits per heavy atom. The zero-order chi connectivity index (χ0) is 9.97. The molecule has 1 heteroatoms. The van der Waals surface area contributed by atoms with Gasteiger partial charge in [0.1, 0.15) is 0 Å². The Balaban J connectivity index is 2.21. The number of rotatable bonds is 1. The van der Waals surface area contributed by atoms with E-state index in [4.69, 9.17) is 5.73 Å². The van der Waals surface area contributed by atoms with Crippen molar-refractivity contribution in [1.82, 2.24) is 0 Å². The number of nitrogens with two attached hydrogens (primary N) is 1. The van der Waals surface area contributed by atoms with Crippen LogP contribution in [0.3, 0.4) is 0 Å². The van der Waals surface area contributed by atoms with Crippen LogP contribution in [0.15, 0.2) is 35.6 Å². The molecule has 0 aliphatic heterocycles. The molecule has 0 aromatic rings. The summed E-state index contributed by atoms with van der Waals surface area (Å²) in [6.07, 6.45) is 13.6. The van der Waals surface area contributed by atoms with Crippen LogP contribution in [0, 0.1) is 11.8 Å². The van der Waals surface area contributed by atoms with E-state index >= 15 is 0 Å². The Labute approximate surface area is 86.4 Å². The van der Waals surface area contributed by atoms with Gasteiger partial charge in [0, 0.05) is 5.70 Å². The molecule has 0 aromatic carbocycles. The van der Waals surface area contributed by atoms with Crippen LogP contribution in [-0.4, -0.2) is 0 Å². The second-order valence-corrected chi connectivity index (χ2v) is 4.45. The Morgan fingerprint density at radius 1 is 1.21 bits per heavy atom. The lowest BCUT2D eigenvalue weighted by molar-refractivity contribution is 0.402. The zero-order valence-electron chi connectivity index (χ0n) is 8.87. The SMILES string of the molecule is CC1CC=CCC1C1=C(N)CCC=C1. The molecule has 2 N–H and O–H groups in total. The highest BCUT2D eigenvalue weighted by Gasteiger charge is 2.23. The summed E-state index contributed by atoms with van der Waals surface area (Å²) in [7, 11) is 0. The summed E-state index contributed by atoms with van der Waals surface area (Å²) in [6.45, 7) is 2.33. The second-order valence-electron chi connectivity index (χ2n) is 4.45. The van der Waals surface area contributed by atoms with Crippen LogP contribution in [0.5, 0.6) is 0 Å². The van der Waals surface area contributed by atoms with Crippen LogP contribution in [0.2, 0.25) is 0 Å². The minimum Gasteiger partial charge on any atom is -0.402 e. The molecule has 0 fully saturated rings. The Kier molecular flexibility index (Phi) is 2.76. The van der Waals surface area contributed by atoms with Gasteiger partial charge in [-0.05, 0) is 43.1 Å². The average Bonchev–Trinajstić information content (AvgIpc) is 2.20. The number of hydrogen-bond acceptors (Lipinski definition) is 1. The van der Waals surface area contributed by atoms with Crippen LogP contribution in [0.25, 0.3) is 0 Å². The summed E-state index contributed by atoms with van der Waals surface area (Å²) in [6, 6.07) is 0. The summed E-state index contributed by atoms with van der Waals surface area (Å²) in [5.41, 5.74) is 8.61. The molecule has 0 radical (unpaired) electrons. The fourth-order valence-corrected chi connectivity index (χ4v) is 2.45. The van der Waals surface area contributed by atoms with Crippen molar-refractivity contribution in [2.75, 3.05) is 0 Å². The molecule has 0 saturated carbocycles. The maximum Gasteiger partial charge on any atom is 0.0119 e. The molecule has 0 saturated heterocycles. The van der Waals surface area contributed by atoms with E-state index in [1.54, 1.807) is 0 Å². The smallest absolute Gasteiger partial charge is 0.0119 e. The molecule has 76 valence electrons. The minimum atomic E-state index is 0.663. The van der Waals surface area contributed by atoms with Gasteiger partial charge in [-0.3, -0.25) is 0 Å². The van der Waals surface area contributed by atoms with Crippen LogP contribution >= 0.6 is 0 Å². The minimum absolute atomic E-state index is 0.663. The molecular formula is C13H19N. The Hall–Kier alpha value is -0.980. The maximum atomic E-state index is 6.08. The van der Waals surface area contributed by atoms with E-state index in [1.807, 2.05) is 0 Å². The normalized spacial score (nSPS) is 32.4. The third-order valence-electron chi connectivity index (χ3n) is 3.40. The van der Waals surface area contributed by atoms with E-state index in [1.165, 1.54) is 18.4 Å². The fraction of sp³-hybridized carbons (Fsp3) is 0.538. The summed E-state index contributed by atoms with van der Waals surface area (Å²) in [5, 5.41) is 0. The van der Waals surface area contributed by atoms with Gasteiger partial charge >= 0.3 is 0 Å². The van der Waals surface area contributed by atoms with E-state index in [0.717, 1.165) is 24.5 Å². The van der Waals surface area contributed by atoms with Gasteiger partial charge in [0.2, 0.25) is 0 Å². The topological polar surface area (TPSA) is 26.0 Å². The lowest BCUT2D eigenvalue weighted by Gasteiger charge is -2.29. The first-order valence-corrected chi connectivity index (χ1v) is 5.59.